The lowest BCUT2D eigenvalue weighted by molar-refractivity contribution is -0.113. The van der Waals surface area contributed by atoms with Gasteiger partial charge in [0.15, 0.2) is 0 Å². The summed E-state index contributed by atoms with van der Waals surface area (Å²) in [5.41, 5.74) is 2.54. The smallest absolute Gasteiger partial charge is 0.234 e. The van der Waals surface area contributed by atoms with E-state index in [9.17, 15) is 4.79 Å². The van der Waals surface area contributed by atoms with Gasteiger partial charge in [-0.05, 0) is 41.1 Å². The van der Waals surface area contributed by atoms with Crippen molar-refractivity contribution >= 4 is 23.4 Å². The Morgan fingerprint density at radius 2 is 2.04 bits per heavy atom. The Labute approximate surface area is 149 Å². The Morgan fingerprint density at radius 3 is 2.80 bits per heavy atom. The second-order valence-corrected chi connectivity index (χ2v) is 6.17. The first-order valence-corrected chi connectivity index (χ1v) is 8.57. The minimum absolute atomic E-state index is 0.135. The van der Waals surface area contributed by atoms with Crippen molar-refractivity contribution in [3.8, 4) is 11.4 Å². The second-order valence-electron chi connectivity index (χ2n) is 5.23. The van der Waals surface area contributed by atoms with Gasteiger partial charge in [-0.15, -0.1) is 5.10 Å². The van der Waals surface area contributed by atoms with Gasteiger partial charge in [0.2, 0.25) is 11.1 Å². The molecule has 0 radical (unpaired) electrons. The Morgan fingerprint density at radius 1 is 1.24 bits per heavy atom. The Kier molecular flexibility index (Phi) is 5.30. The summed E-state index contributed by atoms with van der Waals surface area (Å²) in [5.74, 6) is 0.759. The molecule has 128 valence electrons. The average molecular weight is 355 g/mol. The molecule has 8 heteroatoms. The van der Waals surface area contributed by atoms with E-state index < -0.39 is 0 Å². The van der Waals surface area contributed by atoms with Crippen LogP contribution in [-0.2, 0) is 4.79 Å². The van der Waals surface area contributed by atoms with Crippen LogP contribution in [-0.4, -0.2) is 39.0 Å². The van der Waals surface area contributed by atoms with E-state index in [1.54, 1.807) is 17.9 Å². The molecule has 0 bridgehead atoms. The van der Waals surface area contributed by atoms with Gasteiger partial charge in [-0.1, -0.05) is 36.0 Å². The molecule has 2 aromatic carbocycles. The van der Waals surface area contributed by atoms with Crippen LogP contribution in [0.15, 0.2) is 53.7 Å². The van der Waals surface area contributed by atoms with E-state index in [0.717, 1.165) is 16.9 Å². The lowest BCUT2D eigenvalue weighted by Crippen LogP contribution is -2.15. The number of anilines is 1. The van der Waals surface area contributed by atoms with E-state index >= 15 is 0 Å². The molecule has 0 atom stereocenters. The van der Waals surface area contributed by atoms with Crippen molar-refractivity contribution in [3.63, 3.8) is 0 Å². The van der Waals surface area contributed by atoms with Gasteiger partial charge in [0.05, 0.1) is 18.6 Å². The summed E-state index contributed by atoms with van der Waals surface area (Å²) < 4.78 is 6.79. The Balaban J connectivity index is 1.65. The van der Waals surface area contributed by atoms with Gasteiger partial charge in [-0.25, -0.2) is 0 Å². The van der Waals surface area contributed by atoms with Gasteiger partial charge in [0.1, 0.15) is 5.75 Å². The van der Waals surface area contributed by atoms with Crippen molar-refractivity contribution in [3.05, 3.63) is 54.1 Å². The van der Waals surface area contributed by atoms with Crippen molar-refractivity contribution in [2.75, 3.05) is 18.2 Å². The number of para-hydroxylation sites is 1. The molecule has 0 saturated heterocycles. The normalized spacial score (nSPS) is 10.5. The van der Waals surface area contributed by atoms with Gasteiger partial charge in [-0.3, -0.25) is 4.79 Å². The number of amides is 1. The van der Waals surface area contributed by atoms with E-state index in [-0.39, 0.29) is 11.7 Å². The number of rotatable bonds is 6. The van der Waals surface area contributed by atoms with Crippen LogP contribution in [0.5, 0.6) is 5.75 Å². The molecule has 0 unspecified atom stereocenters. The van der Waals surface area contributed by atoms with Gasteiger partial charge < -0.3 is 10.1 Å². The molecule has 0 aliphatic rings. The molecule has 1 aromatic heterocycles. The maximum absolute atomic E-state index is 12.3. The number of nitrogens with one attached hydrogen (secondary N) is 1. The van der Waals surface area contributed by atoms with Crippen molar-refractivity contribution in [2.45, 2.75) is 12.1 Å². The number of benzene rings is 2. The first-order chi connectivity index (χ1) is 12.2. The van der Waals surface area contributed by atoms with Crippen LogP contribution in [0.4, 0.5) is 5.69 Å². The standard InChI is InChI=1S/C17H17N5O2S/c1-12-8-9-14(24-2)10-15(12)18-16(23)11-25-17-19-20-21-22(17)13-6-4-3-5-7-13/h3-10H,11H2,1-2H3,(H,18,23). The molecule has 25 heavy (non-hydrogen) atoms. The second kappa shape index (κ2) is 7.80. The summed E-state index contributed by atoms with van der Waals surface area (Å²) >= 11 is 1.28. The first-order valence-electron chi connectivity index (χ1n) is 7.58. The maximum atomic E-state index is 12.3. The largest absolute Gasteiger partial charge is 0.497 e. The summed E-state index contributed by atoms with van der Waals surface area (Å²) in [7, 11) is 1.59. The quantitative estimate of drug-likeness (QED) is 0.685. The third-order valence-electron chi connectivity index (χ3n) is 3.49. The number of hydrogen-bond donors (Lipinski definition) is 1. The van der Waals surface area contributed by atoms with E-state index in [0.29, 0.717) is 10.9 Å². The van der Waals surface area contributed by atoms with E-state index in [2.05, 4.69) is 20.8 Å². The van der Waals surface area contributed by atoms with Crippen molar-refractivity contribution in [1.29, 1.82) is 0 Å². The summed E-state index contributed by atoms with van der Waals surface area (Å²) in [6.07, 6.45) is 0. The molecule has 1 amide bonds. The molecule has 0 fully saturated rings. The highest BCUT2D eigenvalue weighted by Gasteiger charge is 2.12. The highest BCUT2D eigenvalue weighted by Crippen LogP contribution is 2.23. The number of tetrazole rings is 1. The summed E-state index contributed by atoms with van der Waals surface area (Å²) in [6.45, 7) is 1.93. The van der Waals surface area contributed by atoms with Crippen LogP contribution in [0.25, 0.3) is 5.69 Å². The van der Waals surface area contributed by atoms with Crippen LogP contribution in [0, 0.1) is 6.92 Å². The molecule has 3 aromatic rings. The molecule has 3 rings (SSSR count). The molecule has 0 aliphatic carbocycles. The Bertz CT molecular complexity index is 866. The number of carbonyl (C=O) groups excluding carboxylic acids is 1. The minimum atomic E-state index is -0.135. The van der Waals surface area contributed by atoms with Crippen molar-refractivity contribution < 1.29 is 9.53 Å². The number of methoxy groups -OCH3 is 1. The lowest BCUT2D eigenvalue weighted by atomic mass is 10.2. The topological polar surface area (TPSA) is 81.9 Å². The maximum Gasteiger partial charge on any atom is 0.234 e. The van der Waals surface area contributed by atoms with Crippen molar-refractivity contribution in [1.82, 2.24) is 20.2 Å². The Hall–Kier alpha value is -2.87. The summed E-state index contributed by atoms with van der Waals surface area (Å²) in [4.78, 5) is 12.3. The van der Waals surface area contributed by atoms with E-state index in [4.69, 9.17) is 4.74 Å². The third kappa shape index (κ3) is 4.16. The molecule has 7 nitrogen and oxygen atoms in total. The van der Waals surface area contributed by atoms with Crippen LogP contribution >= 0.6 is 11.8 Å². The fourth-order valence-corrected chi connectivity index (χ4v) is 2.87. The van der Waals surface area contributed by atoms with Crippen LogP contribution in [0.3, 0.4) is 0 Å². The minimum Gasteiger partial charge on any atom is -0.497 e. The summed E-state index contributed by atoms with van der Waals surface area (Å²) in [5, 5.41) is 15.1. The average Bonchev–Trinajstić information content (AvgIpc) is 3.11. The zero-order valence-electron chi connectivity index (χ0n) is 13.8. The number of aryl methyl sites for hydroxylation is 1. The molecule has 1 heterocycles. The highest BCUT2D eigenvalue weighted by atomic mass is 32.2. The lowest BCUT2D eigenvalue weighted by Gasteiger charge is -2.10. The number of thioether (sulfide) groups is 1. The van der Waals surface area contributed by atoms with Crippen molar-refractivity contribution in [2.24, 2.45) is 0 Å². The highest BCUT2D eigenvalue weighted by molar-refractivity contribution is 7.99. The van der Waals surface area contributed by atoms with Gasteiger partial charge >= 0.3 is 0 Å². The van der Waals surface area contributed by atoms with Crippen LogP contribution in [0.2, 0.25) is 0 Å². The molecule has 0 spiro atoms. The predicted octanol–water partition coefficient (Wildman–Crippen LogP) is 2.71. The van der Waals surface area contributed by atoms with E-state index in [1.807, 2.05) is 49.4 Å². The SMILES string of the molecule is COc1ccc(C)c(NC(=O)CSc2nnnn2-c2ccccc2)c1. The molecule has 0 saturated carbocycles. The fourth-order valence-electron chi connectivity index (χ4n) is 2.18. The van der Waals surface area contributed by atoms with E-state index in [1.165, 1.54) is 11.8 Å². The molecule has 1 N–H and O–H groups in total. The molecular formula is C17H17N5O2S. The number of hydrogen-bond acceptors (Lipinski definition) is 6. The van der Waals surface area contributed by atoms with Gasteiger partial charge in [0.25, 0.3) is 0 Å². The first kappa shape index (κ1) is 17.0. The molecule has 0 aliphatic heterocycles. The van der Waals surface area contributed by atoms with Gasteiger partial charge in [-0.2, -0.15) is 4.68 Å². The predicted molar refractivity (Wildman–Crippen MR) is 96.2 cm³/mol. The van der Waals surface area contributed by atoms with Crippen LogP contribution < -0.4 is 10.1 Å². The number of carbonyl (C=O) groups is 1. The van der Waals surface area contributed by atoms with Gasteiger partial charge in [0, 0.05) is 11.8 Å². The zero-order chi connectivity index (χ0) is 17.6. The third-order valence-corrected chi connectivity index (χ3v) is 4.41. The number of aromatic nitrogens is 4. The molecular weight excluding hydrogens is 338 g/mol. The fraction of sp³-hybridized carbons (Fsp3) is 0.176. The summed E-state index contributed by atoms with van der Waals surface area (Å²) in [6, 6.07) is 15.1. The zero-order valence-corrected chi connectivity index (χ0v) is 14.7. The monoisotopic (exact) mass is 355 g/mol. The number of nitrogens with zero attached hydrogens (tertiary/aromatic N) is 4. The number of ether oxygens (including phenoxy) is 1. The van der Waals surface area contributed by atoms with Crippen LogP contribution in [0.1, 0.15) is 5.56 Å².